The minimum Gasteiger partial charge on any atom is -0.360 e. The number of rotatable bonds is 2. The van der Waals surface area contributed by atoms with Crippen LogP contribution in [0, 0.1) is 0 Å². The summed E-state index contributed by atoms with van der Waals surface area (Å²) in [5.74, 6) is 0.497. The second kappa shape index (κ2) is 5.67. The van der Waals surface area contributed by atoms with E-state index in [-0.39, 0.29) is 17.5 Å². The van der Waals surface area contributed by atoms with Crippen LogP contribution in [0.25, 0.3) is 0 Å². The summed E-state index contributed by atoms with van der Waals surface area (Å²) in [6.07, 6.45) is 1.25. The van der Waals surface area contributed by atoms with Gasteiger partial charge in [-0.15, -0.1) is 0 Å². The number of hydrogen-bond donors (Lipinski definition) is 2. The van der Waals surface area contributed by atoms with E-state index < -0.39 is 9.84 Å². The smallest absolute Gasteiger partial charge is 0.170 e. The Morgan fingerprint density at radius 3 is 2.39 bits per heavy atom. The number of thiocarbonyl (C=S) groups is 1. The first kappa shape index (κ1) is 13.3. The molecule has 0 aliphatic carbocycles. The summed E-state index contributed by atoms with van der Waals surface area (Å²) in [5, 5.41) is 6.79. The Kier molecular flexibility index (Phi) is 4.19. The second-order valence-electron chi connectivity index (χ2n) is 4.39. The van der Waals surface area contributed by atoms with Crippen molar-refractivity contribution >= 4 is 32.9 Å². The monoisotopic (exact) mass is 284 g/mol. The standard InChI is InChI=1S/C12H16N2O2S2/c15-18(16)8-6-11(7-9-18)14-12(17)13-10-4-2-1-3-5-10/h1-5,11H,6-9H2,(H2,13,14,17). The molecule has 1 saturated heterocycles. The second-order valence-corrected chi connectivity index (χ2v) is 7.10. The minimum absolute atomic E-state index is 0.150. The van der Waals surface area contributed by atoms with Crippen molar-refractivity contribution in [3.8, 4) is 0 Å². The first-order valence-electron chi connectivity index (χ1n) is 5.88. The molecule has 0 aromatic heterocycles. The maximum absolute atomic E-state index is 11.3. The molecule has 6 heteroatoms. The zero-order chi connectivity index (χ0) is 13.0. The maximum atomic E-state index is 11.3. The predicted molar refractivity (Wildman–Crippen MR) is 77.5 cm³/mol. The quantitative estimate of drug-likeness (QED) is 0.807. The number of para-hydroxylation sites is 1. The lowest BCUT2D eigenvalue weighted by Gasteiger charge is -2.24. The summed E-state index contributed by atoms with van der Waals surface area (Å²) >= 11 is 5.20. The van der Waals surface area contributed by atoms with Crippen LogP contribution in [0.3, 0.4) is 0 Å². The average Bonchev–Trinajstić information content (AvgIpc) is 2.33. The molecule has 1 aromatic rings. The molecular formula is C12H16N2O2S2. The lowest BCUT2D eigenvalue weighted by atomic mass is 10.2. The molecule has 1 fully saturated rings. The van der Waals surface area contributed by atoms with Crippen molar-refractivity contribution in [1.29, 1.82) is 0 Å². The average molecular weight is 284 g/mol. The number of hydrogen-bond acceptors (Lipinski definition) is 3. The number of sulfone groups is 1. The highest BCUT2D eigenvalue weighted by molar-refractivity contribution is 7.91. The van der Waals surface area contributed by atoms with E-state index in [1.54, 1.807) is 0 Å². The summed E-state index contributed by atoms with van der Waals surface area (Å²) in [6.45, 7) is 0. The fourth-order valence-corrected chi connectivity index (χ4v) is 3.68. The molecule has 2 N–H and O–H groups in total. The summed E-state index contributed by atoms with van der Waals surface area (Å²) in [5.41, 5.74) is 0.929. The Hall–Kier alpha value is -1.14. The molecule has 98 valence electrons. The van der Waals surface area contributed by atoms with Gasteiger partial charge in [-0.05, 0) is 37.2 Å². The van der Waals surface area contributed by atoms with Crippen LogP contribution in [0.5, 0.6) is 0 Å². The Bertz CT molecular complexity index is 500. The van der Waals surface area contributed by atoms with Gasteiger partial charge in [0, 0.05) is 11.7 Å². The van der Waals surface area contributed by atoms with Crippen molar-refractivity contribution in [2.24, 2.45) is 0 Å². The van der Waals surface area contributed by atoms with Crippen LogP contribution in [0.4, 0.5) is 5.69 Å². The SMILES string of the molecule is O=S1(=O)CCC(NC(=S)Nc2ccccc2)CC1. The zero-order valence-electron chi connectivity index (χ0n) is 9.93. The molecule has 1 aliphatic rings. The fourth-order valence-electron chi connectivity index (χ4n) is 1.91. The van der Waals surface area contributed by atoms with Crippen LogP contribution in [0.2, 0.25) is 0 Å². The number of nitrogens with one attached hydrogen (secondary N) is 2. The molecule has 0 radical (unpaired) electrons. The van der Waals surface area contributed by atoms with E-state index in [4.69, 9.17) is 12.2 Å². The molecule has 18 heavy (non-hydrogen) atoms. The van der Waals surface area contributed by atoms with Gasteiger partial charge >= 0.3 is 0 Å². The van der Waals surface area contributed by atoms with Gasteiger partial charge in [-0.3, -0.25) is 0 Å². The van der Waals surface area contributed by atoms with Crippen LogP contribution in [0.1, 0.15) is 12.8 Å². The predicted octanol–water partition coefficient (Wildman–Crippen LogP) is 1.55. The maximum Gasteiger partial charge on any atom is 0.170 e. The molecule has 1 aromatic carbocycles. The van der Waals surface area contributed by atoms with Crippen LogP contribution in [-0.4, -0.2) is 31.1 Å². The first-order valence-corrected chi connectivity index (χ1v) is 8.11. The fraction of sp³-hybridized carbons (Fsp3) is 0.417. The van der Waals surface area contributed by atoms with Gasteiger partial charge in [-0.1, -0.05) is 18.2 Å². The van der Waals surface area contributed by atoms with Crippen molar-refractivity contribution in [3.05, 3.63) is 30.3 Å². The van der Waals surface area contributed by atoms with Gasteiger partial charge < -0.3 is 10.6 Å². The normalized spacial score (nSPS) is 19.1. The van der Waals surface area contributed by atoms with Gasteiger partial charge in [-0.25, -0.2) is 8.42 Å². The Morgan fingerprint density at radius 1 is 1.17 bits per heavy atom. The number of anilines is 1. The van der Waals surface area contributed by atoms with E-state index in [9.17, 15) is 8.42 Å². The summed E-state index contributed by atoms with van der Waals surface area (Å²) in [7, 11) is -2.81. The zero-order valence-corrected chi connectivity index (χ0v) is 11.6. The lowest BCUT2D eigenvalue weighted by molar-refractivity contribution is 0.522. The van der Waals surface area contributed by atoms with E-state index in [1.165, 1.54) is 0 Å². The van der Waals surface area contributed by atoms with Crippen LogP contribution < -0.4 is 10.6 Å². The van der Waals surface area contributed by atoms with Crippen molar-refractivity contribution in [2.75, 3.05) is 16.8 Å². The highest BCUT2D eigenvalue weighted by atomic mass is 32.2. The van der Waals surface area contributed by atoms with Gasteiger partial charge in [0.2, 0.25) is 0 Å². The molecule has 1 heterocycles. The van der Waals surface area contributed by atoms with Crippen LogP contribution in [-0.2, 0) is 9.84 Å². The first-order chi connectivity index (χ1) is 8.55. The van der Waals surface area contributed by atoms with Gasteiger partial charge in [-0.2, -0.15) is 0 Å². The Labute approximate surface area is 113 Å². The number of benzene rings is 1. The van der Waals surface area contributed by atoms with E-state index >= 15 is 0 Å². The molecule has 0 bridgehead atoms. The highest BCUT2D eigenvalue weighted by Gasteiger charge is 2.23. The summed E-state index contributed by atoms with van der Waals surface area (Å²) < 4.78 is 22.6. The van der Waals surface area contributed by atoms with Gasteiger partial charge in [0.25, 0.3) is 0 Å². The van der Waals surface area contributed by atoms with Gasteiger partial charge in [0.05, 0.1) is 11.5 Å². The Balaban J connectivity index is 1.82. The molecule has 0 spiro atoms. The largest absolute Gasteiger partial charge is 0.360 e. The molecule has 2 rings (SSSR count). The third-order valence-corrected chi connectivity index (χ3v) is 4.86. The molecule has 0 atom stereocenters. The van der Waals surface area contributed by atoms with Crippen molar-refractivity contribution < 1.29 is 8.42 Å². The lowest BCUT2D eigenvalue weighted by Crippen LogP contribution is -2.42. The van der Waals surface area contributed by atoms with E-state index in [0.29, 0.717) is 18.0 Å². The van der Waals surface area contributed by atoms with Crippen molar-refractivity contribution in [2.45, 2.75) is 18.9 Å². The minimum atomic E-state index is -2.81. The molecular weight excluding hydrogens is 268 g/mol. The molecule has 4 nitrogen and oxygen atoms in total. The Morgan fingerprint density at radius 2 is 1.78 bits per heavy atom. The van der Waals surface area contributed by atoms with Gasteiger partial charge in [0.1, 0.15) is 9.84 Å². The van der Waals surface area contributed by atoms with E-state index in [2.05, 4.69) is 10.6 Å². The van der Waals surface area contributed by atoms with E-state index in [0.717, 1.165) is 5.69 Å². The molecule has 1 aliphatic heterocycles. The van der Waals surface area contributed by atoms with Crippen molar-refractivity contribution in [3.63, 3.8) is 0 Å². The van der Waals surface area contributed by atoms with Crippen LogP contribution in [0.15, 0.2) is 30.3 Å². The van der Waals surface area contributed by atoms with Crippen molar-refractivity contribution in [1.82, 2.24) is 5.32 Å². The molecule has 0 saturated carbocycles. The van der Waals surface area contributed by atoms with Gasteiger partial charge in [0.15, 0.2) is 5.11 Å². The summed E-state index contributed by atoms with van der Waals surface area (Å²) in [4.78, 5) is 0. The van der Waals surface area contributed by atoms with E-state index in [1.807, 2.05) is 30.3 Å². The van der Waals surface area contributed by atoms with Crippen LogP contribution >= 0.6 is 12.2 Å². The molecule has 0 unspecified atom stereocenters. The topological polar surface area (TPSA) is 58.2 Å². The third kappa shape index (κ3) is 3.96. The molecule has 0 amide bonds. The summed E-state index contributed by atoms with van der Waals surface area (Å²) in [6, 6.07) is 9.81. The highest BCUT2D eigenvalue weighted by Crippen LogP contribution is 2.12. The third-order valence-electron chi connectivity index (χ3n) is 2.92.